The third kappa shape index (κ3) is 5.62. The Bertz CT molecular complexity index is 704. The molecule has 1 aliphatic rings. The Labute approximate surface area is 153 Å². The normalized spacial score (nSPS) is 20.0. The summed E-state index contributed by atoms with van der Waals surface area (Å²) in [6.45, 7) is 1.96. The van der Waals surface area contributed by atoms with Crippen LogP contribution in [0.4, 0.5) is 0 Å². The Kier molecular flexibility index (Phi) is 7.22. The molecule has 6 heteroatoms. The van der Waals surface area contributed by atoms with Crippen molar-refractivity contribution in [3.8, 4) is 11.8 Å². The number of benzene rings is 1. The lowest BCUT2D eigenvalue weighted by molar-refractivity contribution is -0.142. The van der Waals surface area contributed by atoms with Crippen molar-refractivity contribution in [2.75, 3.05) is 13.7 Å². The van der Waals surface area contributed by atoms with Gasteiger partial charge in [0.15, 0.2) is 6.61 Å². The van der Waals surface area contributed by atoms with Gasteiger partial charge in [-0.25, -0.2) is 4.79 Å². The minimum Gasteiger partial charge on any atom is -0.482 e. The van der Waals surface area contributed by atoms with Gasteiger partial charge in [0.25, 0.3) is 5.91 Å². The van der Waals surface area contributed by atoms with Gasteiger partial charge in [-0.1, -0.05) is 31.9 Å². The third-order valence-electron chi connectivity index (χ3n) is 4.57. The molecule has 138 valence electrons. The third-order valence-corrected chi connectivity index (χ3v) is 4.57. The van der Waals surface area contributed by atoms with Gasteiger partial charge < -0.3 is 14.8 Å². The number of carbonyl (C=O) groups excluding carboxylic acids is 2. The molecule has 0 aliphatic heterocycles. The second-order valence-electron chi connectivity index (χ2n) is 6.45. The van der Waals surface area contributed by atoms with Crippen LogP contribution < -0.4 is 10.1 Å². The summed E-state index contributed by atoms with van der Waals surface area (Å²) in [6, 6.07) is 8.89. The molecule has 1 fully saturated rings. The molecular formula is C20H24N2O4. The molecule has 0 aromatic heterocycles. The number of hydrogen-bond donors (Lipinski definition) is 1. The first-order chi connectivity index (χ1) is 12.5. The van der Waals surface area contributed by atoms with Crippen LogP contribution in [0.3, 0.4) is 0 Å². The summed E-state index contributed by atoms with van der Waals surface area (Å²) in [5.74, 6) is 0.136. The average Bonchev–Trinajstić information content (AvgIpc) is 2.66. The SMILES string of the molecule is COC(=O)COc1ccc(/C=C(\C#N)C(=O)N[C@@H]2CCCC[C@@H]2C)cc1. The maximum Gasteiger partial charge on any atom is 0.343 e. The molecule has 0 radical (unpaired) electrons. The molecule has 1 aromatic carbocycles. The number of nitrogens with one attached hydrogen (secondary N) is 1. The highest BCUT2D eigenvalue weighted by Crippen LogP contribution is 2.24. The van der Waals surface area contributed by atoms with E-state index in [0.29, 0.717) is 17.2 Å². The number of hydrogen-bond acceptors (Lipinski definition) is 5. The molecule has 0 spiro atoms. The van der Waals surface area contributed by atoms with Crippen molar-refractivity contribution < 1.29 is 19.1 Å². The molecule has 1 amide bonds. The summed E-state index contributed by atoms with van der Waals surface area (Å²) in [5, 5.41) is 12.3. The van der Waals surface area contributed by atoms with Gasteiger partial charge in [-0.15, -0.1) is 0 Å². The van der Waals surface area contributed by atoms with Gasteiger partial charge in [0.1, 0.15) is 17.4 Å². The fraction of sp³-hybridized carbons (Fsp3) is 0.450. The largest absolute Gasteiger partial charge is 0.482 e. The second kappa shape index (κ2) is 9.62. The Morgan fingerprint density at radius 2 is 1.96 bits per heavy atom. The minimum atomic E-state index is -0.464. The van der Waals surface area contributed by atoms with Crippen molar-refractivity contribution in [2.24, 2.45) is 5.92 Å². The summed E-state index contributed by atoms with van der Waals surface area (Å²) in [6.07, 6.45) is 5.90. The van der Waals surface area contributed by atoms with Gasteiger partial charge in [-0.3, -0.25) is 4.79 Å². The number of rotatable bonds is 6. The van der Waals surface area contributed by atoms with Gasteiger partial charge in [0.2, 0.25) is 0 Å². The number of methoxy groups -OCH3 is 1. The molecule has 1 aromatic rings. The van der Waals surface area contributed by atoms with E-state index in [1.807, 2.05) is 6.07 Å². The van der Waals surface area contributed by atoms with Crippen molar-refractivity contribution in [2.45, 2.75) is 38.6 Å². The molecule has 0 unspecified atom stereocenters. The molecule has 26 heavy (non-hydrogen) atoms. The number of amides is 1. The van der Waals surface area contributed by atoms with E-state index in [4.69, 9.17) is 4.74 Å². The topological polar surface area (TPSA) is 88.4 Å². The zero-order valence-electron chi connectivity index (χ0n) is 15.2. The first kappa shape index (κ1) is 19.5. The summed E-state index contributed by atoms with van der Waals surface area (Å²) in [5.41, 5.74) is 0.782. The Morgan fingerprint density at radius 3 is 2.58 bits per heavy atom. The van der Waals surface area contributed by atoms with Crippen molar-refractivity contribution in [1.82, 2.24) is 5.32 Å². The van der Waals surface area contributed by atoms with E-state index in [0.717, 1.165) is 19.3 Å². The Hall–Kier alpha value is -2.81. The van der Waals surface area contributed by atoms with E-state index in [1.165, 1.54) is 13.5 Å². The van der Waals surface area contributed by atoms with Crippen LogP contribution in [0.15, 0.2) is 29.8 Å². The number of esters is 1. The lowest BCUT2D eigenvalue weighted by Crippen LogP contribution is -2.41. The zero-order valence-corrected chi connectivity index (χ0v) is 15.2. The van der Waals surface area contributed by atoms with Crippen LogP contribution in [0.25, 0.3) is 6.08 Å². The zero-order chi connectivity index (χ0) is 18.9. The Morgan fingerprint density at radius 1 is 1.27 bits per heavy atom. The number of nitrogens with zero attached hydrogens (tertiary/aromatic N) is 1. The standard InChI is InChI=1S/C20H24N2O4/c1-14-5-3-4-6-18(14)22-20(24)16(12-21)11-15-7-9-17(10-8-15)26-13-19(23)25-2/h7-11,14,18H,3-6,13H2,1-2H3,(H,22,24)/b16-11+/t14-,18+/m0/s1. The lowest BCUT2D eigenvalue weighted by atomic mass is 9.86. The van der Waals surface area contributed by atoms with Gasteiger partial charge in [0.05, 0.1) is 7.11 Å². The van der Waals surface area contributed by atoms with E-state index in [1.54, 1.807) is 30.3 Å². The maximum atomic E-state index is 12.4. The smallest absolute Gasteiger partial charge is 0.343 e. The highest BCUT2D eigenvalue weighted by Gasteiger charge is 2.24. The molecule has 0 bridgehead atoms. The molecule has 1 aliphatic carbocycles. The van der Waals surface area contributed by atoms with Crippen molar-refractivity contribution in [3.05, 3.63) is 35.4 Å². The van der Waals surface area contributed by atoms with Gasteiger partial charge >= 0.3 is 5.97 Å². The average molecular weight is 356 g/mol. The Balaban J connectivity index is 1.99. The fourth-order valence-electron chi connectivity index (χ4n) is 2.95. The predicted molar refractivity (Wildman–Crippen MR) is 97.1 cm³/mol. The first-order valence-corrected chi connectivity index (χ1v) is 8.76. The predicted octanol–water partition coefficient (Wildman–Crippen LogP) is 2.84. The summed E-state index contributed by atoms with van der Waals surface area (Å²) >= 11 is 0. The van der Waals surface area contributed by atoms with Crippen LogP contribution >= 0.6 is 0 Å². The number of carbonyl (C=O) groups is 2. The van der Waals surface area contributed by atoms with Crippen LogP contribution in [-0.2, 0) is 14.3 Å². The molecule has 0 heterocycles. The van der Waals surface area contributed by atoms with Crippen LogP contribution in [0.2, 0.25) is 0 Å². The van der Waals surface area contributed by atoms with Crippen molar-refractivity contribution in [3.63, 3.8) is 0 Å². The van der Waals surface area contributed by atoms with E-state index in [9.17, 15) is 14.9 Å². The van der Waals surface area contributed by atoms with Crippen LogP contribution in [0.1, 0.15) is 38.2 Å². The highest BCUT2D eigenvalue weighted by molar-refractivity contribution is 6.01. The maximum absolute atomic E-state index is 12.4. The molecular weight excluding hydrogens is 332 g/mol. The van der Waals surface area contributed by atoms with E-state index in [-0.39, 0.29) is 24.1 Å². The summed E-state index contributed by atoms with van der Waals surface area (Å²) in [7, 11) is 1.29. The number of nitriles is 1. The van der Waals surface area contributed by atoms with Crippen LogP contribution in [0.5, 0.6) is 5.75 Å². The first-order valence-electron chi connectivity index (χ1n) is 8.76. The highest BCUT2D eigenvalue weighted by atomic mass is 16.6. The molecule has 1 saturated carbocycles. The molecule has 6 nitrogen and oxygen atoms in total. The van der Waals surface area contributed by atoms with Crippen LogP contribution in [0, 0.1) is 17.2 Å². The minimum absolute atomic E-state index is 0.0750. The summed E-state index contributed by atoms with van der Waals surface area (Å²) < 4.78 is 9.77. The molecule has 2 atom stereocenters. The van der Waals surface area contributed by atoms with Gasteiger partial charge in [-0.2, -0.15) is 5.26 Å². The van der Waals surface area contributed by atoms with Crippen LogP contribution in [-0.4, -0.2) is 31.6 Å². The fourth-order valence-corrected chi connectivity index (χ4v) is 2.95. The van der Waals surface area contributed by atoms with Gasteiger partial charge in [-0.05, 0) is 42.5 Å². The number of ether oxygens (including phenoxy) is 2. The van der Waals surface area contributed by atoms with Crippen molar-refractivity contribution in [1.29, 1.82) is 5.26 Å². The second-order valence-corrected chi connectivity index (χ2v) is 6.45. The van der Waals surface area contributed by atoms with Gasteiger partial charge in [0, 0.05) is 6.04 Å². The van der Waals surface area contributed by atoms with Crippen molar-refractivity contribution >= 4 is 18.0 Å². The monoisotopic (exact) mass is 356 g/mol. The molecule has 0 saturated heterocycles. The molecule has 1 N–H and O–H groups in total. The van der Waals surface area contributed by atoms with E-state index < -0.39 is 5.97 Å². The summed E-state index contributed by atoms with van der Waals surface area (Å²) in [4.78, 5) is 23.5. The quantitative estimate of drug-likeness (QED) is 0.481. The van der Waals surface area contributed by atoms with E-state index in [2.05, 4.69) is 17.0 Å². The molecule has 2 rings (SSSR count). The van der Waals surface area contributed by atoms with E-state index >= 15 is 0 Å². The lowest BCUT2D eigenvalue weighted by Gasteiger charge is -2.29.